The second kappa shape index (κ2) is 4.47. The van der Waals surface area contributed by atoms with Crippen molar-refractivity contribution in [1.29, 1.82) is 0 Å². The Morgan fingerprint density at radius 1 is 1.21 bits per heavy atom. The fourth-order valence-corrected chi connectivity index (χ4v) is 1.97. The van der Waals surface area contributed by atoms with Crippen molar-refractivity contribution in [2.24, 2.45) is 0 Å². The Morgan fingerprint density at radius 3 is 2.79 bits per heavy atom. The van der Waals surface area contributed by atoms with E-state index in [0.29, 0.717) is 28.7 Å². The van der Waals surface area contributed by atoms with Crippen LogP contribution in [0.4, 0.5) is 5.95 Å². The molecule has 19 heavy (non-hydrogen) atoms. The number of pyridine rings is 1. The van der Waals surface area contributed by atoms with Gasteiger partial charge in [-0.05, 0) is 13.0 Å². The number of imidazole rings is 1. The first kappa shape index (κ1) is 11.9. The Labute approximate surface area is 114 Å². The molecule has 3 aromatic heterocycles. The molecule has 0 aromatic carbocycles. The van der Waals surface area contributed by atoms with Gasteiger partial charge in [0.15, 0.2) is 5.65 Å². The van der Waals surface area contributed by atoms with Gasteiger partial charge in [0.1, 0.15) is 5.52 Å². The van der Waals surface area contributed by atoms with Crippen LogP contribution in [0, 0.1) is 6.92 Å². The van der Waals surface area contributed by atoms with Crippen LogP contribution >= 0.6 is 11.6 Å². The molecule has 3 aromatic rings. The van der Waals surface area contributed by atoms with Crippen LogP contribution in [-0.2, 0) is 6.54 Å². The minimum Gasteiger partial charge on any atom is -0.369 e. The van der Waals surface area contributed by atoms with E-state index in [1.165, 1.54) is 0 Å². The summed E-state index contributed by atoms with van der Waals surface area (Å²) in [5.74, 6) is 0.382. The average Bonchev–Trinajstić information content (AvgIpc) is 2.68. The molecule has 0 fully saturated rings. The van der Waals surface area contributed by atoms with E-state index in [2.05, 4.69) is 19.9 Å². The predicted molar refractivity (Wildman–Crippen MR) is 72.8 cm³/mol. The molecule has 0 spiro atoms. The molecule has 96 valence electrons. The van der Waals surface area contributed by atoms with E-state index in [4.69, 9.17) is 17.3 Å². The number of anilines is 1. The number of nitrogen functional groups attached to an aromatic ring is 1. The Balaban J connectivity index is 2.05. The SMILES string of the molecule is Cc1cnc(Cn2c(N)nc3cc(Cl)cnc32)cn1. The average molecular weight is 275 g/mol. The fraction of sp³-hybridized carbons (Fsp3) is 0.167. The Bertz CT molecular complexity index is 734. The number of halogens is 1. The largest absolute Gasteiger partial charge is 0.369 e. The van der Waals surface area contributed by atoms with Crippen molar-refractivity contribution < 1.29 is 0 Å². The van der Waals surface area contributed by atoms with Gasteiger partial charge in [-0.15, -0.1) is 0 Å². The van der Waals surface area contributed by atoms with Crippen molar-refractivity contribution in [2.45, 2.75) is 13.5 Å². The number of fused-ring (bicyclic) bond motifs is 1. The summed E-state index contributed by atoms with van der Waals surface area (Å²) in [6, 6.07) is 1.73. The molecule has 0 aliphatic carbocycles. The van der Waals surface area contributed by atoms with Gasteiger partial charge in [0, 0.05) is 12.4 Å². The highest BCUT2D eigenvalue weighted by atomic mass is 35.5. The zero-order valence-corrected chi connectivity index (χ0v) is 11.0. The molecule has 0 amide bonds. The van der Waals surface area contributed by atoms with Crippen molar-refractivity contribution in [1.82, 2.24) is 24.5 Å². The quantitative estimate of drug-likeness (QED) is 0.771. The van der Waals surface area contributed by atoms with Crippen LogP contribution in [-0.4, -0.2) is 24.5 Å². The molecular formula is C12H11ClN6. The summed E-state index contributed by atoms with van der Waals surface area (Å²) in [5.41, 5.74) is 8.93. The van der Waals surface area contributed by atoms with Gasteiger partial charge >= 0.3 is 0 Å². The molecule has 2 N–H and O–H groups in total. The molecule has 0 atom stereocenters. The summed E-state index contributed by atoms with van der Waals surface area (Å²) in [6.45, 7) is 2.37. The van der Waals surface area contributed by atoms with Crippen LogP contribution < -0.4 is 5.73 Å². The lowest BCUT2D eigenvalue weighted by Crippen LogP contribution is -2.07. The van der Waals surface area contributed by atoms with Crippen molar-refractivity contribution in [2.75, 3.05) is 5.73 Å². The third-order valence-corrected chi connectivity index (χ3v) is 2.94. The van der Waals surface area contributed by atoms with Crippen LogP contribution in [0.25, 0.3) is 11.2 Å². The van der Waals surface area contributed by atoms with Gasteiger partial charge in [0.05, 0.1) is 29.2 Å². The Hall–Kier alpha value is -2.21. The molecule has 0 bridgehead atoms. The molecule has 3 rings (SSSR count). The number of aryl methyl sites for hydroxylation is 1. The molecule has 0 saturated carbocycles. The number of rotatable bonds is 2. The Kier molecular flexibility index (Phi) is 2.79. The van der Waals surface area contributed by atoms with E-state index in [-0.39, 0.29) is 0 Å². The maximum absolute atomic E-state index is 5.90. The first-order valence-corrected chi connectivity index (χ1v) is 6.06. The van der Waals surface area contributed by atoms with E-state index in [1.807, 2.05) is 6.92 Å². The number of hydrogen-bond acceptors (Lipinski definition) is 5. The molecule has 0 radical (unpaired) electrons. The van der Waals surface area contributed by atoms with E-state index in [9.17, 15) is 0 Å². The van der Waals surface area contributed by atoms with Gasteiger partial charge in [-0.3, -0.25) is 14.5 Å². The minimum atomic E-state index is 0.382. The van der Waals surface area contributed by atoms with Crippen molar-refractivity contribution in [3.63, 3.8) is 0 Å². The Morgan fingerprint density at radius 2 is 2.05 bits per heavy atom. The number of nitrogens with zero attached hydrogens (tertiary/aromatic N) is 5. The molecule has 3 heterocycles. The van der Waals surface area contributed by atoms with Crippen molar-refractivity contribution in [3.05, 3.63) is 41.1 Å². The summed E-state index contributed by atoms with van der Waals surface area (Å²) in [5, 5.41) is 0.535. The lowest BCUT2D eigenvalue weighted by molar-refractivity contribution is 0.790. The van der Waals surface area contributed by atoms with Crippen LogP contribution in [0.15, 0.2) is 24.7 Å². The van der Waals surface area contributed by atoms with Crippen LogP contribution in [0.2, 0.25) is 5.02 Å². The van der Waals surface area contributed by atoms with Crippen molar-refractivity contribution in [3.8, 4) is 0 Å². The zero-order valence-electron chi connectivity index (χ0n) is 10.2. The number of nitrogens with two attached hydrogens (primary N) is 1. The summed E-state index contributed by atoms with van der Waals surface area (Å²) in [7, 11) is 0. The first-order valence-electron chi connectivity index (χ1n) is 5.68. The highest BCUT2D eigenvalue weighted by molar-refractivity contribution is 6.31. The normalized spacial score (nSPS) is 11.1. The highest BCUT2D eigenvalue weighted by Gasteiger charge is 2.11. The molecular weight excluding hydrogens is 264 g/mol. The van der Waals surface area contributed by atoms with Gasteiger partial charge in [0.2, 0.25) is 5.95 Å². The predicted octanol–water partition coefficient (Wildman–Crippen LogP) is 1.81. The van der Waals surface area contributed by atoms with E-state index >= 15 is 0 Å². The first-order chi connectivity index (χ1) is 9.13. The van der Waals surface area contributed by atoms with Gasteiger partial charge in [-0.25, -0.2) is 9.97 Å². The van der Waals surface area contributed by atoms with E-state index in [0.717, 1.165) is 11.4 Å². The fourth-order valence-electron chi connectivity index (χ4n) is 1.82. The summed E-state index contributed by atoms with van der Waals surface area (Å²) in [4.78, 5) is 17.0. The number of aromatic nitrogens is 5. The third kappa shape index (κ3) is 2.22. The van der Waals surface area contributed by atoms with Crippen molar-refractivity contribution >= 4 is 28.7 Å². The van der Waals surface area contributed by atoms with E-state index in [1.54, 1.807) is 29.2 Å². The second-order valence-electron chi connectivity index (χ2n) is 4.20. The van der Waals surface area contributed by atoms with E-state index < -0.39 is 0 Å². The summed E-state index contributed by atoms with van der Waals surface area (Å²) < 4.78 is 1.78. The summed E-state index contributed by atoms with van der Waals surface area (Å²) in [6.07, 6.45) is 5.01. The summed E-state index contributed by atoms with van der Waals surface area (Å²) >= 11 is 5.88. The molecule has 0 aliphatic rings. The topological polar surface area (TPSA) is 82.5 Å². The van der Waals surface area contributed by atoms with Gasteiger partial charge in [-0.1, -0.05) is 11.6 Å². The highest BCUT2D eigenvalue weighted by Crippen LogP contribution is 2.19. The maximum Gasteiger partial charge on any atom is 0.202 e. The lowest BCUT2D eigenvalue weighted by atomic mass is 10.4. The third-order valence-electron chi connectivity index (χ3n) is 2.74. The monoisotopic (exact) mass is 274 g/mol. The van der Waals surface area contributed by atoms with Crippen LogP contribution in [0.1, 0.15) is 11.4 Å². The number of hydrogen-bond donors (Lipinski definition) is 1. The molecule has 0 unspecified atom stereocenters. The smallest absolute Gasteiger partial charge is 0.202 e. The minimum absolute atomic E-state index is 0.382. The maximum atomic E-state index is 5.90. The lowest BCUT2D eigenvalue weighted by Gasteiger charge is -2.05. The molecule has 6 nitrogen and oxygen atoms in total. The van der Waals surface area contributed by atoms with Crippen LogP contribution in [0.5, 0.6) is 0 Å². The molecule has 0 saturated heterocycles. The van der Waals surface area contributed by atoms with Crippen LogP contribution in [0.3, 0.4) is 0 Å². The molecule has 7 heteroatoms. The van der Waals surface area contributed by atoms with Gasteiger partial charge < -0.3 is 5.73 Å². The van der Waals surface area contributed by atoms with Gasteiger partial charge in [0.25, 0.3) is 0 Å². The zero-order chi connectivity index (χ0) is 13.4. The van der Waals surface area contributed by atoms with Gasteiger partial charge in [-0.2, -0.15) is 0 Å². The second-order valence-corrected chi connectivity index (χ2v) is 4.64. The standard InChI is InChI=1S/C12H11ClN6/c1-7-3-16-9(5-15-7)6-19-11-10(18-12(19)14)2-8(13)4-17-11/h2-5H,6H2,1H3,(H2,14,18). The molecule has 0 aliphatic heterocycles.